The number of rotatable bonds is 3. The van der Waals surface area contributed by atoms with Gasteiger partial charge in [-0.25, -0.2) is 0 Å². The largest absolute Gasteiger partial charge is 0.379 e. The van der Waals surface area contributed by atoms with Gasteiger partial charge < -0.3 is 10.1 Å². The van der Waals surface area contributed by atoms with Gasteiger partial charge in [-0.3, -0.25) is 4.79 Å². The zero-order chi connectivity index (χ0) is 13.1. The molecule has 2 atom stereocenters. The van der Waals surface area contributed by atoms with Crippen molar-refractivity contribution in [3.05, 3.63) is 33.3 Å². The van der Waals surface area contributed by atoms with Gasteiger partial charge in [0.15, 0.2) is 0 Å². The van der Waals surface area contributed by atoms with Crippen LogP contribution in [0.15, 0.2) is 22.7 Å². The lowest BCUT2D eigenvalue weighted by molar-refractivity contribution is 0.0722. The molecule has 0 spiro atoms. The third kappa shape index (κ3) is 3.25. The van der Waals surface area contributed by atoms with E-state index in [4.69, 9.17) is 16.3 Å². The number of amides is 1. The van der Waals surface area contributed by atoms with Crippen LogP contribution in [0.4, 0.5) is 0 Å². The molecular weight excluding hydrogens is 318 g/mol. The molecule has 0 heterocycles. The van der Waals surface area contributed by atoms with E-state index in [0.717, 1.165) is 23.7 Å². The lowest BCUT2D eigenvalue weighted by Gasteiger charge is -2.19. The Labute approximate surface area is 120 Å². The normalized spacial score (nSPS) is 23.1. The summed E-state index contributed by atoms with van der Waals surface area (Å²) in [6.45, 7) is 0. The van der Waals surface area contributed by atoms with Crippen molar-refractivity contribution in [2.45, 2.75) is 31.4 Å². The Morgan fingerprint density at radius 3 is 2.89 bits per heavy atom. The van der Waals surface area contributed by atoms with Crippen molar-refractivity contribution in [3.8, 4) is 0 Å². The first-order chi connectivity index (χ1) is 8.60. The molecule has 1 N–H and O–H groups in total. The van der Waals surface area contributed by atoms with E-state index in [9.17, 15) is 4.79 Å². The average Bonchev–Trinajstić information content (AvgIpc) is 2.75. The molecule has 2 unspecified atom stereocenters. The van der Waals surface area contributed by atoms with E-state index in [-0.39, 0.29) is 18.1 Å². The van der Waals surface area contributed by atoms with Gasteiger partial charge in [0.25, 0.3) is 5.91 Å². The summed E-state index contributed by atoms with van der Waals surface area (Å²) < 4.78 is 6.16. The van der Waals surface area contributed by atoms with E-state index in [1.165, 1.54) is 0 Å². The fourth-order valence-electron chi connectivity index (χ4n) is 2.31. The Morgan fingerprint density at radius 1 is 1.44 bits per heavy atom. The Kier molecular flexibility index (Phi) is 4.65. The van der Waals surface area contributed by atoms with Crippen molar-refractivity contribution in [2.75, 3.05) is 7.11 Å². The summed E-state index contributed by atoms with van der Waals surface area (Å²) in [5.74, 6) is -0.104. The molecule has 1 amide bonds. The van der Waals surface area contributed by atoms with Gasteiger partial charge in [0.2, 0.25) is 0 Å². The first-order valence-corrected chi connectivity index (χ1v) is 7.07. The molecule has 3 nitrogen and oxygen atoms in total. The van der Waals surface area contributed by atoms with Crippen LogP contribution in [0.2, 0.25) is 5.02 Å². The van der Waals surface area contributed by atoms with Gasteiger partial charge in [-0.1, -0.05) is 27.5 Å². The van der Waals surface area contributed by atoms with E-state index in [2.05, 4.69) is 21.2 Å². The molecule has 98 valence electrons. The van der Waals surface area contributed by atoms with Crippen molar-refractivity contribution in [1.82, 2.24) is 5.32 Å². The summed E-state index contributed by atoms with van der Waals surface area (Å²) in [6.07, 6.45) is 3.17. The molecular formula is C13H15BrClNO2. The highest BCUT2D eigenvalue weighted by Crippen LogP contribution is 2.23. The van der Waals surface area contributed by atoms with Crippen molar-refractivity contribution in [3.63, 3.8) is 0 Å². The van der Waals surface area contributed by atoms with Crippen LogP contribution >= 0.6 is 27.5 Å². The first kappa shape index (κ1) is 13.8. The fourth-order valence-corrected chi connectivity index (χ4v) is 3.17. The molecule has 5 heteroatoms. The van der Waals surface area contributed by atoms with Crippen LogP contribution in [0, 0.1) is 0 Å². The highest BCUT2D eigenvalue weighted by Gasteiger charge is 2.28. The number of hydrogen-bond acceptors (Lipinski definition) is 2. The van der Waals surface area contributed by atoms with Gasteiger partial charge in [0, 0.05) is 22.2 Å². The minimum absolute atomic E-state index is 0.0975. The quantitative estimate of drug-likeness (QED) is 0.921. The summed E-state index contributed by atoms with van der Waals surface area (Å²) in [7, 11) is 1.69. The third-order valence-corrected chi connectivity index (χ3v) is 3.87. The summed E-state index contributed by atoms with van der Waals surface area (Å²) in [6, 6.07) is 5.28. The zero-order valence-electron chi connectivity index (χ0n) is 10.1. The number of carbonyl (C=O) groups is 1. The maximum atomic E-state index is 12.1. The topological polar surface area (TPSA) is 38.3 Å². The number of halogens is 2. The van der Waals surface area contributed by atoms with E-state index in [1.807, 2.05) is 0 Å². The van der Waals surface area contributed by atoms with Crippen LogP contribution in [0.25, 0.3) is 0 Å². The van der Waals surface area contributed by atoms with Crippen molar-refractivity contribution in [1.29, 1.82) is 0 Å². The minimum Gasteiger partial charge on any atom is -0.379 e. The number of methoxy groups -OCH3 is 1. The predicted octanol–water partition coefficient (Wildman–Crippen LogP) is 3.40. The van der Waals surface area contributed by atoms with Crippen LogP contribution in [0.1, 0.15) is 29.6 Å². The molecule has 1 fully saturated rings. The van der Waals surface area contributed by atoms with Gasteiger partial charge >= 0.3 is 0 Å². The van der Waals surface area contributed by atoms with E-state index < -0.39 is 0 Å². The Balaban J connectivity index is 2.07. The second kappa shape index (κ2) is 6.04. The summed E-state index contributed by atoms with van der Waals surface area (Å²) >= 11 is 9.26. The Morgan fingerprint density at radius 2 is 2.22 bits per heavy atom. The molecule has 0 saturated heterocycles. The fraction of sp³-hybridized carbons (Fsp3) is 0.462. The predicted molar refractivity (Wildman–Crippen MR) is 75.1 cm³/mol. The number of nitrogens with one attached hydrogen (secondary N) is 1. The molecule has 2 rings (SSSR count). The summed E-state index contributed by atoms with van der Waals surface area (Å²) in [5.41, 5.74) is 0.566. The SMILES string of the molecule is COC1CCCC1NC(=O)c1cc(Cl)cc(Br)c1. The third-order valence-electron chi connectivity index (χ3n) is 3.20. The number of carbonyl (C=O) groups excluding carboxylic acids is 1. The number of hydrogen-bond donors (Lipinski definition) is 1. The van der Waals surface area contributed by atoms with Crippen LogP contribution in [0.3, 0.4) is 0 Å². The van der Waals surface area contributed by atoms with Crippen LogP contribution in [0.5, 0.6) is 0 Å². The molecule has 18 heavy (non-hydrogen) atoms. The van der Waals surface area contributed by atoms with Crippen LogP contribution in [-0.4, -0.2) is 25.2 Å². The molecule has 1 aliphatic rings. The number of benzene rings is 1. The van der Waals surface area contributed by atoms with Gasteiger partial charge in [0.05, 0.1) is 12.1 Å². The zero-order valence-corrected chi connectivity index (χ0v) is 12.4. The molecule has 1 saturated carbocycles. The number of ether oxygens (including phenoxy) is 1. The molecule has 1 aromatic rings. The molecule has 1 aliphatic carbocycles. The highest BCUT2D eigenvalue weighted by molar-refractivity contribution is 9.10. The van der Waals surface area contributed by atoms with Crippen molar-refractivity contribution < 1.29 is 9.53 Å². The summed E-state index contributed by atoms with van der Waals surface area (Å²) in [5, 5.41) is 3.55. The van der Waals surface area contributed by atoms with Crippen molar-refractivity contribution in [2.24, 2.45) is 0 Å². The Bertz CT molecular complexity index is 432. The van der Waals surface area contributed by atoms with E-state index in [0.29, 0.717) is 10.6 Å². The van der Waals surface area contributed by atoms with Gasteiger partial charge in [0.1, 0.15) is 0 Å². The summed E-state index contributed by atoms with van der Waals surface area (Å²) in [4.78, 5) is 12.1. The van der Waals surface area contributed by atoms with Gasteiger partial charge in [-0.15, -0.1) is 0 Å². The van der Waals surface area contributed by atoms with Crippen LogP contribution in [-0.2, 0) is 4.74 Å². The maximum Gasteiger partial charge on any atom is 0.251 e. The molecule has 0 radical (unpaired) electrons. The lowest BCUT2D eigenvalue weighted by atomic mass is 10.1. The standard InChI is InChI=1S/C13H15BrClNO2/c1-18-12-4-2-3-11(12)16-13(17)8-5-9(14)7-10(15)6-8/h5-7,11-12H,2-4H2,1H3,(H,16,17). The Hall–Kier alpha value is -0.580. The maximum absolute atomic E-state index is 12.1. The molecule has 0 aliphatic heterocycles. The second-order valence-electron chi connectivity index (χ2n) is 4.44. The molecule has 1 aromatic carbocycles. The lowest BCUT2D eigenvalue weighted by Crippen LogP contribution is -2.40. The van der Waals surface area contributed by atoms with Crippen LogP contribution < -0.4 is 5.32 Å². The second-order valence-corrected chi connectivity index (χ2v) is 5.80. The molecule has 0 bridgehead atoms. The minimum atomic E-state index is -0.104. The average molecular weight is 333 g/mol. The van der Waals surface area contributed by atoms with E-state index in [1.54, 1.807) is 25.3 Å². The molecule has 0 aromatic heterocycles. The first-order valence-electron chi connectivity index (χ1n) is 5.90. The van der Waals surface area contributed by atoms with Gasteiger partial charge in [-0.05, 0) is 37.5 Å². The van der Waals surface area contributed by atoms with Gasteiger partial charge in [-0.2, -0.15) is 0 Å². The van der Waals surface area contributed by atoms with Crippen molar-refractivity contribution >= 4 is 33.4 Å². The van der Waals surface area contributed by atoms with E-state index >= 15 is 0 Å². The highest BCUT2D eigenvalue weighted by atomic mass is 79.9. The smallest absolute Gasteiger partial charge is 0.251 e. The monoisotopic (exact) mass is 331 g/mol.